The van der Waals surface area contributed by atoms with Crippen LogP contribution in [-0.4, -0.2) is 42.0 Å². The van der Waals surface area contributed by atoms with E-state index in [0.717, 1.165) is 0 Å². The minimum atomic E-state index is -0.194. The monoisotopic (exact) mass is 338 g/mol. The molecule has 1 saturated heterocycles. The molecule has 25 heavy (non-hydrogen) atoms. The number of urea groups is 1. The molecule has 1 N–H and O–H groups in total. The summed E-state index contributed by atoms with van der Waals surface area (Å²) in [5.74, 6) is -0.194. The van der Waals surface area contributed by atoms with Crippen LogP contribution in [0.5, 0.6) is 0 Å². The van der Waals surface area contributed by atoms with E-state index in [-0.39, 0.29) is 11.8 Å². The van der Waals surface area contributed by atoms with Crippen LogP contribution in [0.15, 0.2) is 48.5 Å². The predicted molar refractivity (Wildman–Crippen MR) is 93.4 cm³/mol. The van der Waals surface area contributed by atoms with Gasteiger partial charge in [0.1, 0.15) is 5.82 Å². The highest BCUT2D eigenvalue weighted by molar-refractivity contribution is 5.89. The largest absolute Gasteiger partial charge is 0.322 e. The van der Waals surface area contributed by atoms with E-state index in [1.165, 1.54) is 6.07 Å². The van der Waals surface area contributed by atoms with E-state index < -0.39 is 0 Å². The van der Waals surface area contributed by atoms with Gasteiger partial charge in [0.2, 0.25) is 0 Å². The average Bonchev–Trinajstić information content (AvgIpc) is 2.64. The van der Waals surface area contributed by atoms with Gasteiger partial charge in [0.05, 0.1) is 11.6 Å². The van der Waals surface area contributed by atoms with Crippen molar-refractivity contribution in [1.29, 1.82) is 5.26 Å². The SMILES string of the molecule is N#Cc1cccc(NC(=O)N2CCN(Cc3ccccc3F)CC2)c1. The summed E-state index contributed by atoms with van der Waals surface area (Å²) in [6, 6.07) is 15.5. The number of amides is 2. The molecule has 0 atom stereocenters. The number of hydrogen-bond donors (Lipinski definition) is 1. The summed E-state index contributed by atoms with van der Waals surface area (Å²) in [5.41, 5.74) is 1.79. The number of carbonyl (C=O) groups is 1. The molecule has 1 heterocycles. The van der Waals surface area contributed by atoms with Crippen molar-refractivity contribution in [3.05, 3.63) is 65.5 Å². The van der Waals surface area contributed by atoms with Gasteiger partial charge in [0.15, 0.2) is 0 Å². The molecule has 2 amide bonds. The maximum Gasteiger partial charge on any atom is 0.321 e. The highest BCUT2D eigenvalue weighted by atomic mass is 19.1. The smallest absolute Gasteiger partial charge is 0.321 e. The molecular weight excluding hydrogens is 319 g/mol. The maximum absolute atomic E-state index is 13.7. The van der Waals surface area contributed by atoms with Crippen LogP contribution < -0.4 is 5.32 Å². The third-order valence-electron chi connectivity index (χ3n) is 4.25. The quantitative estimate of drug-likeness (QED) is 0.936. The number of nitrogens with zero attached hydrogens (tertiary/aromatic N) is 3. The van der Waals surface area contributed by atoms with Gasteiger partial charge in [-0.3, -0.25) is 4.90 Å². The lowest BCUT2D eigenvalue weighted by Gasteiger charge is -2.34. The second-order valence-electron chi connectivity index (χ2n) is 5.98. The number of carbonyl (C=O) groups excluding carboxylic acids is 1. The topological polar surface area (TPSA) is 59.4 Å². The van der Waals surface area contributed by atoms with Crippen molar-refractivity contribution in [3.63, 3.8) is 0 Å². The van der Waals surface area contributed by atoms with Gasteiger partial charge in [-0.15, -0.1) is 0 Å². The third-order valence-corrected chi connectivity index (χ3v) is 4.25. The summed E-state index contributed by atoms with van der Waals surface area (Å²) >= 11 is 0. The van der Waals surface area contributed by atoms with Crippen molar-refractivity contribution in [2.24, 2.45) is 0 Å². The molecule has 0 aromatic heterocycles. The first-order valence-electron chi connectivity index (χ1n) is 8.17. The number of rotatable bonds is 3. The average molecular weight is 338 g/mol. The molecule has 1 fully saturated rings. The van der Waals surface area contributed by atoms with Crippen LogP contribution in [0.3, 0.4) is 0 Å². The lowest BCUT2D eigenvalue weighted by Crippen LogP contribution is -2.49. The van der Waals surface area contributed by atoms with E-state index in [2.05, 4.69) is 16.3 Å². The van der Waals surface area contributed by atoms with Crippen LogP contribution in [0.4, 0.5) is 14.9 Å². The fourth-order valence-electron chi connectivity index (χ4n) is 2.85. The van der Waals surface area contributed by atoms with Crippen LogP contribution in [-0.2, 0) is 6.54 Å². The van der Waals surface area contributed by atoms with Crippen molar-refractivity contribution >= 4 is 11.7 Å². The number of anilines is 1. The number of halogens is 1. The van der Waals surface area contributed by atoms with Crippen molar-refractivity contribution in [1.82, 2.24) is 9.80 Å². The second-order valence-corrected chi connectivity index (χ2v) is 5.98. The first-order chi connectivity index (χ1) is 12.2. The minimum Gasteiger partial charge on any atom is -0.322 e. The molecule has 3 rings (SSSR count). The van der Waals surface area contributed by atoms with Gasteiger partial charge in [-0.05, 0) is 24.3 Å². The summed E-state index contributed by atoms with van der Waals surface area (Å²) in [4.78, 5) is 16.2. The molecule has 1 aliphatic rings. The fourth-order valence-corrected chi connectivity index (χ4v) is 2.85. The van der Waals surface area contributed by atoms with E-state index >= 15 is 0 Å². The molecule has 5 nitrogen and oxygen atoms in total. The Kier molecular flexibility index (Phi) is 5.26. The summed E-state index contributed by atoms with van der Waals surface area (Å²) in [6.07, 6.45) is 0. The Hall–Kier alpha value is -2.91. The number of nitrogens with one attached hydrogen (secondary N) is 1. The van der Waals surface area contributed by atoms with Gasteiger partial charge in [0.25, 0.3) is 0 Å². The van der Waals surface area contributed by atoms with Gasteiger partial charge in [0, 0.05) is 44.0 Å². The van der Waals surface area contributed by atoms with E-state index in [9.17, 15) is 9.18 Å². The molecule has 6 heteroatoms. The Bertz CT molecular complexity index is 794. The van der Waals surface area contributed by atoms with Gasteiger partial charge in [-0.25, -0.2) is 9.18 Å². The molecule has 2 aromatic rings. The Morgan fingerprint density at radius 2 is 1.88 bits per heavy atom. The molecule has 2 aromatic carbocycles. The zero-order chi connectivity index (χ0) is 17.6. The molecule has 128 valence electrons. The highest BCUT2D eigenvalue weighted by Crippen LogP contribution is 2.14. The van der Waals surface area contributed by atoms with Crippen molar-refractivity contribution in [2.45, 2.75) is 6.54 Å². The van der Waals surface area contributed by atoms with E-state index in [1.807, 2.05) is 6.07 Å². The molecule has 0 saturated carbocycles. The zero-order valence-electron chi connectivity index (χ0n) is 13.8. The number of benzene rings is 2. The predicted octanol–water partition coefficient (Wildman–Crippen LogP) is 3.05. The van der Waals surface area contributed by atoms with Crippen molar-refractivity contribution < 1.29 is 9.18 Å². The number of piperazine rings is 1. The van der Waals surface area contributed by atoms with Crippen LogP contribution in [0.25, 0.3) is 0 Å². The minimum absolute atomic E-state index is 0.180. The van der Waals surface area contributed by atoms with E-state index in [1.54, 1.807) is 41.3 Å². The van der Waals surface area contributed by atoms with Gasteiger partial charge < -0.3 is 10.2 Å². The first-order valence-corrected chi connectivity index (χ1v) is 8.17. The molecule has 0 bridgehead atoms. The second kappa shape index (κ2) is 7.77. The first kappa shape index (κ1) is 16.9. The number of hydrogen-bond acceptors (Lipinski definition) is 3. The normalized spacial score (nSPS) is 14.8. The summed E-state index contributed by atoms with van der Waals surface area (Å²) in [5, 5.41) is 11.7. The molecule has 0 unspecified atom stereocenters. The molecular formula is C19H19FN4O. The fraction of sp³-hybridized carbons (Fsp3) is 0.263. The lowest BCUT2D eigenvalue weighted by atomic mass is 10.2. The molecule has 0 radical (unpaired) electrons. The van der Waals surface area contributed by atoms with Crippen LogP contribution in [0, 0.1) is 17.1 Å². The van der Waals surface area contributed by atoms with Crippen molar-refractivity contribution in [3.8, 4) is 6.07 Å². The zero-order valence-corrected chi connectivity index (χ0v) is 13.8. The summed E-state index contributed by atoms with van der Waals surface area (Å²) in [6.45, 7) is 3.10. The third kappa shape index (κ3) is 4.34. The van der Waals surface area contributed by atoms with Gasteiger partial charge in [-0.2, -0.15) is 5.26 Å². The Balaban J connectivity index is 1.52. The van der Waals surface area contributed by atoms with Crippen LogP contribution >= 0.6 is 0 Å². The Morgan fingerprint density at radius 3 is 2.60 bits per heavy atom. The molecule has 1 aliphatic heterocycles. The van der Waals surface area contributed by atoms with Gasteiger partial charge >= 0.3 is 6.03 Å². The lowest BCUT2D eigenvalue weighted by molar-refractivity contribution is 0.142. The Labute approximate surface area is 146 Å². The van der Waals surface area contributed by atoms with E-state index in [4.69, 9.17) is 5.26 Å². The van der Waals surface area contributed by atoms with Gasteiger partial charge in [-0.1, -0.05) is 24.3 Å². The maximum atomic E-state index is 13.7. The Morgan fingerprint density at radius 1 is 1.12 bits per heavy atom. The number of nitriles is 1. The standard InChI is InChI=1S/C19H19FN4O/c20-18-7-2-1-5-16(18)14-23-8-10-24(11-9-23)19(25)22-17-6-3-4-15(12-17)13-21/h1-7,12H,8-11,14H2,(H,22,25). The van der Waals surface area contributed by atoms with Crippen molar-refractivity contribution in [2.75, 3.05) is 31.5 Å². The summed E-state index contributed by atoms with van der Waals surface area (Å²) < 4.78 is 13.7. The molecule has 0 spiro atoms. The molecule has 0 aliphatic carbocycles. The van der Waals surface area contributed by atoms with E-state index in [0.29, 0.717) is 49.5 Å². The van der Waals surface area contributed by atoms with Crippen LogP contribution in [0.2, 0.25) is 0 Å². The van der Waals surface area contributed by atoms with Crippen LogP contribution in [0.1, 0.15) is 11.1 Å². The highest BCUT2D eigenvalue weighted by Gasteiger charge is 2.21. The summed E-state index contributed by atoms with van der Waals surface area (Å²) in [7, 11) is 0.